The van der Waals surface area contributed by atoms with Crippen molar-refractivity contribution in [2.75, 3.05) is 24.3 Å². The highest BCUT2D eigenvalue weighted by Crippen LogP contribution is 2.16. The van der Waals surface area contributed by atoms with Gasteiger partial charge in [-0.1, -0.05) is 0 Å². The number of aliphatic hydroxyl groups excluding tert-OH is 1. The largest absolute Gasteiger partial charge is 0.388 e. The number of hydrogen-bond acceptors (Lipinski definition) is 7. The molecule has 1 aromatic rings. The smallest absolute Gasteiger partial charge is 0.233 e. The molecule has 7 heteroatoms. The Morgan fingerprint density at radius 2 is 2.46 bits per heavy atom. The van der Waals surface area contributed by atoms with Crippen LogP contribution < -0.4 is 11.1 Å². The standard InChI is InChI=1S/C6H10N4O2S/c7-5-9-6(13-10-5)8-3-1-12-2-4(3)11/h3-4,11H,1-2H2,(H3,7,8,9,10). The second-order valence-corrected chi connectivity index (χ2v) is 3.57. The monoisotopic (exact) mass is 202 g/mol. The van der Waals surface area contributed by atoms with Gasteiger partial charge in [0.05, 0.1) is 25.4 Å². The van der Waals surface area contributed by atoms with Crippen molar-refractivity contribution in [3.63, 3.8) is 0 Å². The molecule has 2 unspecified atom stereocenters. The molecule has 1 aromatic heterocycles. The average Bonchev–Trinajstić information content (AvgIpc) is 2.64. The lowest BCUT2D eigenvalue weighted by molar-refractivity contribution is 0.125. The summed E-state index contributed by atoms with van der Waals surface area (Å²) < 4.78 is 8.87. The summed E-state index contributed by atoms with van der Waals surface area (Å²) in [6, 6.07) is -0.104. The van der Waals surface area contributed by atoms with E-state index in [4.69, 9.17) is 10.5 Å². The first-order valence-corrected chi connectivity index (χ1v) is 4.64. The number of nitrogens with one attached hydrogen (secondary N) is 1. The predicted octanol–water partition coefficient (Wildman–Crippen LogP) is -0.708. The van der Waals surface area contributed by atoms with Crippen LogP contribution in [0.15, 0.2) is 0 Å². The van der Waals surface area contributed by atoms with Gasteiger partial charge in [-0.05, 0) is 0 Å². The Labute approximate surface area is 78.9 Å². The van der Waals surface area contributed by atoms with Crippen molar-refractivity contribution in [1.82, 2.24) is 9.36 Å². The van der Waals surface area contributed by atoms with Gasteiger partial charge in [-0.25, -0.2) is 0 Å². The molecule has 0 aromatic carbocycles. The summed E-state index contributed by atoms with van der Waals surface area (Å²) in [5, 5.41) is 13.0. The van der Waals surface area contributed by atoms with E-state index >= 15 is 0 Å². The van der Waals surface area contributed by atoms with Gasteiger partial charge in [-0.3, -0.25) is 0 Å². The molecule has 1 fully saturated rings. The SMILES string of the molecule is Nc1nsc(NC2COCC2O)n1. The van der Waals surface area contributed by atoms with Crippen LogP contribution in [0.3, 0.4) is 0 Å². The van der Waals surface area contributed by atoms with Crippen LogP contribution in [0, 0.1) is 0 Å². The van der Waals surface area contributed by atoms with Gasteiger partial charge in [0.1, 0.15) is 0 Å². The Hall–Kier alpha value is -0.920. The first kappa shape index (κ1) is 8.67. The Balaban J connectivity index is 1.97. The van der Waals surface area contributed by atoms with Gasteiger partial charge >= 0.3 is 0 Å². The van der Waals surface area contributed by atoms with E-state index in [0.717, 1.165) is 0 Å². The van der Waals surface area contributed by atoms with E-state index in [1.54, 1.807) is 0 Å². The van der Waals surface area contributed by atoms with E-state index < -0.39 is 6.10 Å². The van der Waals surface area contributed by atoms with Crippen LogP contribution in [0.1, 0.15) is 0 Å². The average molecular weight is 202 g/mol. The fourth-order valence-corrected chi connectivity index (χ4v) is 1.69. The van der Waals surface area contributed by atoms with Crippen LogP contribution in [-0.2, 0) is 4.74 Å². The van der Waals surface area contributed by atoms with Gasteiger partial charge in [0.25, 0.3) is 0 Å². The van der Waals surface area contributed by atoms with Gasteiger partial charge in [-0.15, -0.1) is 0 Å². The van der Waals surface area contributed by atoms with E-state index in [1.807, 2.05) is 0 Å². The molecule has 72 valence electrons. The Bertz CT molecular complexity index is 292. The van der Waals surface area contributed by atoms with Gasteiger partial charge in [0.15, 0.2) is 0 Å². The molecular formula is C6H10N4O2S. The van der Waals surface area contributed by atoms with Crippen LogP contribution >= 0.6 is 11.5 Å². The molecule has 0 amide bonds. The maximum absolute atomic E-state index is 9.39. The molecule has 0 radical (unpaired) electrons. The topological polar surface area (TPSA) is 93.3 Å². The van der Waals surface area contributed by atoms with Crippen molar-refractivity contribution >= 4 is 22.6 Å². The van der Waals surface area contributed by atoms with E-state index in [0.29, 0.717) is 18.3 Å². The van der Waals surface area contributed by atoms with Crippen molar-refractivity contribution in [3.05, 3.63) is 0 Å². The normalized spacial score (nSPS) is 27.8. The van der Waals surface area contributed by atoms with Crippen LogP contribution in [-0.4, -0.2) is 39.8 Å². The summed E-state index contributed by atoms with van der Waals surface area (Å²) >= 11 is 1.17. The molecule has 1 aliphatic heterocycles. The molecule has 2 heterocycles. The lowest BCUT2D eigenvalue weighted by Crippen LogP contribution is -2.31. The summed E-state index contributed by atoms with van der Waals surface area (Å²) in [5.74, 6) is 0.251. The number of anilines is 2. The number of nitrogen functional groups attached to an aromatic ring is 1. The maximum atomic E-state index is 9.39. The van der Waals surface area contributed by atoms with E-state index in [-0.39, 0.29) is 12.0 Å². The molecule has 2 rings (SSSR count). The molecular weight excluding hydrogens is 192 g/mol. The van der Waals surface area contributed by atoms with Crippen LogP contribution in [0.4, 0.5) is 11.1 Å². The fourth-order valence-electron chi connectivity index (χ4n) is 1.13. The van der Waals surface area contributed by atoms with Gasteiger partial charge in [-0.2, -0.15) is 9.36 Å². The summed E-state index contributed by atoms with van der Waals surface area (Å²) in [6.45, 7) is 0.854. The first-order valence-electron chi connectivity index (χ1n) is 3.87. The van der Waals surface area contributed by atoms with Gasteiger partial charge < -0.3 is 20.9 Å². The van der Waals surface area contributed by atoms with Crippen molar-refractivity contribution in [2.24, 2.45) is 0 Å². The number of rotatable bonds is 2. The molecule has 0 bridgehead atoms. The van der Waals surface area contributed by atoms with Crippen LogP contribution in [0.25, 0.3) is 0 Å². The third-order valence-corrected chi connectivity index (χ3v) is 2.46. The van der Waals surface area contributed by atoms with Crippen molar-refractivity contribution in [1.29, 1.82) is 0 Å². The Kier molecular flexibility index (Phi) is 2.30. The number of aromatic nitrogens is 2. The minimum Gasteiger partial charge on any atom is -0.388 e. The highest BCUT2D eigenvalue weighted by molar-refractivity contribution is 7.09. The number of ether oxygens (including phenoxy) is 1. The second-order valence-electron chi connectivity index (χ2n) is 2.81. The van der Waals surface area contributed by atoms with E-state index in [9.17, 15) is 5.11 Å². The Morgan fingerprint density at radius 3 is 3.00 bits per heavy atom. The lowest BCUT2D eigenvalue weighted by Gasteiger charge is -2.12. The summed E-state index contributed by atoms with van der Waals surface area (Å²) in [6.07, 6.45) is -0.481. The molecule has 0 spiro atoms. The minimum absolute atomic E-state index is 0.104. The number of hydrogen-bond donors (Lipinski definition) is 3. The zero-order chi connectivity index (χ0) is 9.26. The zero-order valence-electron chi connectivity index (χ0n) is 6.80. The van der Waals surface area contributed by atoms with Crippen molar-refractivity contribution in [3.8, 4) is 0 Å². The molecule has 2 atom stereocenters. The summed E-state index contributed by atoms with van der Waals surface area (Å²) in [7, 11) is 0. The highest BCUT2D eigenvalue weighted by Gasteiger charge is 2.26. The van der Waals surface area contributed by atoms with Crippen molar-refractivity contribution in [2.45, 2.75) is 12.1 Å². The zero-order valence-corrected chi connectivity index (χ0v) is 7.62. The molecule has 0 saturated carbocycles. The van der Waals surface area contributed by atoms with Gasteiger partial charge in [0.2, 0.25) is 11.1 Å². The minimum atomic E-state index is -0.481. The number of nitrogens with two attached hydrogens (primary N) is 1. The highest BCUT2D eigenvalue weighted by atomic mass is 32.1. The molecule has 1 aliphatic rings. The molecule has 4 N–H and O–H groups in total. The maximum Gasteiger partial charge on any atom is 0.233 e. The molecule has 0 aliphatic carbocycles. The van der Waals surface area contributed by atoms with Crippen LogP contribution in [0.5, 0.6) is 0 Å². The van der Waals surface area contributed by atoms with Gasteiger partial charge in [0, 0.05) is 11.5 Å². The predicted molar refractivity (Wildman–Crippen MR) is 48.6 cm³/mol. The summed E-state index contributed by atoms with van der Waals surface area (Å²) in [4.78, 5) is 3.92. The first-order chi connectivity index (χ1) is 6.25. The third-order valence-electron chi connectivity index (χ3n) is 1.80. The fraction of sp³-hybridized carbons (Fsp3) is 0.667. The van der Waals surface area contributed by atoms with Crippen LogP contribution in [0.2, 0.25) is 0 Å². The molecule has 13 heavy (non-hydrogen) atoms. The Morgan fingerprint density at radius 1 is 1.62 bits per heavy atom. The lowest BCUT2D eigenvalue weighted by atomic mass is 10.2. The number of nitrogens with zero attached hydrogens (tertiary/aromatic N) is 2. The molecule has 6 nitrogen and oxygen atoms in total. The number of aliphatic hydroxyl groups is 1. The second kappa shape index (κ2) is 3.44. The molecule has 1 saturated heterocycles. The quantitative estimate of drug-likeness (QED) is 0.586. The van der Waals surface area contributed by atoms with Crippen molar-refractivity contribution < 1.29 is 9.84 Å². The van der Waals surface area contributed by atoms with E-state index in [2.05, 4.69) is 14.7 Å². The summed E-state index contributed by atoms with van der Waals surface area (Å²) in [5.41, 5.74) is 5.34. The van der Waals surface area contributed by atoms with E-state index in [1.165, 1.54) is 11.5 Å². The third kappa shape index (κ3) is 1.87.